The van der Waals surface area contributed by atoms with Crippen LogP contribution >= 0.6 is 0 Å². The van der Waals surface area contributed by atoms with Crippen LogP contribution in [0.25, 0.3) is 22.0 Å². The fraction of sp³-hybridized carbons (Fsp3) is 0.360. The third-order valence-corrected chi connectivity index (χ3v) is 6.09. The minimum Gasteiger partial charge on any atom is -0.548 e. The molecular weight excluding hydrogens is 438 g/mol. The summed E-state index contributed by atoms with van der Waals surface area (Å²) >= 11 is 0. The molecule has 1 atom stereocenters. The van der Waals surface area contributed by atoms with Crippen molar-refractivity contribution in [2.45, 2.75) is 38.3 Å². The topological polar surface area (TPSA) is 144 Å². The molecule has 0 aliphatic carbocycles. The largest absolute Gasteiger partial charge is 0.548 e. The summed E-state index contributed by atoms with van der Waals surface area (Å²) in [7, 11) is 1.56. The number of ether oxygens (including phenoxy) is 3. The first-order valence-corrected chi connectivity index (χ1v) is 11.3. The molecule has 9 heteroatoms. The fourth-order valence-corrected chi connectivity index (χ4v) is 4.20. The maximum atomic E-state index is 10.4. The van der Waals surface area contributed by atoms with Gasteiger partial charge >= 0.3 is 0 Å². The lowest BCUT2D eigenvalue weighted by Crippen LogP contribution is -2.41. The van der Waals surface area contributed by atoms with Crippen LogP contribution in [0.2, 0.25) is 0 Å². The SMILES string of the molecule is COc1ccc2cc3[n+](cc2c1O)CCc1cc2c(cc1-3)OCO2.NCCCCC(N)C(=O)[O-]. The maximum Gasteiger partial charge on any atom is 0.231 e. The van der Waals surface area contributed by atoms with Gasteiger partial charge in [-0.05, 0) is 54.6 Å². The molecule has 0 spiro atoms. The predicted octanol–water partition coefficient (Wildman–Crippen LogP) is 0.986. The number of benzene rings is 2. The summed E-state index contributed by atoms with van der Waals surface area (Å²) in [5.74, 6) is 1.10. The van der Waals surface area contributed by atoms with Gasteiger partial charge in [-0.2, -0.15) is 4.57 Å². The number of pyridine rings is 1. The Morgan fingerprint density at radius 3 is 2.71 bits per heavy atom. The van der Waals surface area contributed by atoms with Gasteiger partial charge in [-0.1, -0.05) is 6.42 Å². The average Bonchev–Trinajstić information content (AvgIpc) is 3.30. The number of carboxylic acids is 1. The molecule has 2 aromatic carbocycles. The Balaban J connectivity index is 0.000000235. The van der Waals surface area contributed by atoms with Gasteiger partial charge in [0.1, 0.15) is 0 Å². The van der Waals surface area contributed by atoms with E-state index in [4.69, 9.17) is 25.7 Å². The highest BCUT2D eigenvalue weighted by Crippen LogP contribution is 2.41. The fourth-order valence-electron chi connectivity index (χ4n) is 4.20. The van der Waals surface area contributed by atoms with E-state index in [0.717, 1.165) is 59.3 Å². The summed E-state index contributed by atoms with van der Waals surface area (Å²) < 4.78 is 18.4. The quantitative estimate of drug-likeness (QED) is 0.360. The number of rotatable bonds is 6. The molecule has 5 rings (SSSR count). The molecule has 180 valence electrons. The molecule has 0 saturated heterocycles. The van der Waals surface area contributed by atoms with Gasteiger partial charge in [-0.15, -0.1) is 0 Å². The number of fused-ring (bicyclic) bond motifs is 5. The number of aryl methyl sites for hydroxylation is 2. The van der Waals surface area contributed by atoms with E-state index in [2.05, 4.69) is 22.8 Å². The minimum atomic E-state index is -1.18. The normalized spacial score (nSPS) is 14.0. The Hall–Kier alpha value is -3.56. The molecular formula is C25H29N3O6. The van der Waals surface area contributed by atoms with Gasteiger partial charge < -0.3 is 40.7 Å². The van der Waals surface area contributed by atoms with Gasteiger partial charge in [-0.3, -0.25) is 0 Å². The summed E-state index contributed by atoms with van der Waals surface area (Å²) in [5.41, 5.74) is 13.9. The molecule has 3 aromatic rings. The van der Waals surface area contributed by atoms with Crippen molar-refractivity contribution in [1.29, 1.82) is 0 Å². The Morgan fingerprint density at radius 2 is 2.00 bits per heavy atom. The summed E-state index contributed by atoms with van der Waals surface area (Å²) in [6.45, 7) is 1.72. The smallest absolute Gasteiger partial charge is 0.231 e. The lowest BCUT2D eigenvalue weighted by Gasteiger charge is -2.16. The lowest BCUT2D eigenvalue weighted by atomic mass is 9.95. The number of aliphatic carboxylic acids is 1. The molecule has 5 N–H and O–H groups in total. The number of carbonyl (C=O) groups excluding carboxylic acids is 1. The molecule has 0 amide bonds. The minimum absolute atomic E-state index is 0.182. The highest BCUT2D eigenvalue weighted by Gasteiger charge is 2.28. The molecule has 2 aliphatic heterocycles. The van der Waals surface area contributed by atoms with Gasteiger partial charge in [0, 0.05) is 18.5 Å². The number of unbranched alkanes of at least 4 members (excludes halogenated alkanes) is 1. The number of nitrogens with zero attached hydrogens (tertiary/aromatic N) is 1. The molecule has 0 fully saturated rings. The Morgan fingerprint density at radius 1 is 1.24 bits per heavy atom. The van der Waals surface area contributed by atoms with E-state index in [-0.39, 0.29) is 12.5 Å². The zero-order chi connectivity index (χ0) is 24.2. The Bertz CT molecular complexity index is 1210. The van der Waals surface area contributed by atoms with Crippen molar-refractivity contribution in [1.82, 2.24) is 0 Å². The highest BCUT2D eigenvalue weighted by atomic mass is 16.7. The number of nitrogens with two attached hydrogens (primary N) is 2. The Labute approximate surface area is 197 Å². The van der Waals surface area contributed by atoms with E-state index >= 15 is 0 Å². The van der Waals surface area contributed by atoms with Crippen LogP contribution in [-0.2, 0) is 17.8 Å². The molecule has 0 bridgehead atoms. The van der Waals surface area contributed by atoms with Gasteiger partial charge in [0.15, 0.2) is 35.7 Å². The van der Waals surface area contributed by atoms with Crippen molar-refractivity contribution in [3.8, 4) is 34.3 Å². The van der Waals surface area contributed by atoms with Crippen molar-refractivity contribution in [2.24, 2.45) is 11.5 Å². The number of hydrogen-bond donors (Lipinski definition) is 3. The van der Waals surface area contributed by atoms with E-state index in [0.29, 0.717) is 18.7 Å². The second-order valence-corrected chi connectivity index (χ2v) is 8.29. The van der Waals surface area contributed by atoms with Crippen LogP contribution in [0.15, 0.2) is 36.5 Å². The first-order valence-electron chi connectivity index (χ1n) is 11.3. The number of phenols is 1. The molecule has 1 unspecified atom stereocenters. The van der Waals surface area contributed by atoms with Gasteiger partial charge in [0.2, 0.25) is 12.5 Å². The zero-order valence-corrected chi connectivity index (χ0v) is 19.1. The van der Waals surface area contributed by atoms with Crippen molar-refractivity contribution in [2.75, 3.05) is 20.4 Å². The van der Waals surface area contributed by atoms with Crippen molar-refractivity contribution in [3.05, 3.63) is 42.1 Å². The molecule has 1 aromatic heterocycles. The second-order valence-electron chi connectivity index (χ2n) is 8.29. The number of carboxylic acid groups (broad SMARTS) is 1. The molecule has 3 heterocycles. The van der Waals surface area contributed by atoms with E-state index in [1.807, 2.05) is 12.3 Å². The number of carbonyl (C=O) groups is 1. The molecule has 9 nitrogen and oxygen atoms in total. The maximum absolute atomic E-state index is 10.4. The zero-order valence-electron chi connectivity index (χ0n) is 19.1. The van der Waals surface area contributed by atoms with E-state index in [1.54, 1.807) is 13.2 Å². The Kier molecular flexibility index (Phi) is 7.04. The monoisotopic (exact) mass is 467 g/mol. The standard InChI is InChI=1S/C19H15NO4.C6H14N2O2/c1-22-16-3-2-11-6-15-13-8-18-17(23-10-24-18)7-12(13)4-5-20(15)9-14(11)19(16)21;7-4-2-1-3-5(8)6(9)10/h2-3,6-9H,4-5,10H2,1H3;5H,1-4,7-8H2,(H,9,10). The van der Waals surface area contributed by atoms with E-state index in [9.17, 15) is 15.0 Å². The van der Waals surface area contributed by atoms with Crippen LogP contribution < -0.4 is 35.4 Å². The van der Waals surface area contributed by atoms with Gasteiger partial charge in [0.25, 0.3) is 0 Å². The lowest BCUT2D eigenvalue weighted by molar-refractivity contribution is -0.686. The number of aromatic hydroxyl groups is 1. The molecule has 0 saturated carbocycles. The van der Waals surface area contributed by atoms with Gasteiger partial charge in [0.05, 0.1) is 24.0 Å². The number of phenolic OH excluding ortho intramolecular Hbond substituents is 1. The first kappa shape index (κ1) is 23.6. The van der Waals surface area contributed by atoms with Crippen molar-refractivity contribution >= 4 is 16.7 Å². The summed E-state index contributed by atoms with van der Waals surface area (Å²) in [4.78, 5) is 10.0. The van der Waals surface area contributed by atoms with E-state index < -0.39 is 12.0 Å². The van der Waals surface area contributed by atoms with Crippen LogP contribution in [-0.4, -0.2) is 37.6 Å². The molecule has 2 aliphatic rings. The average molecular weight is 468 g/mol. The third-order valence-electron chi connectivity index (χ3n) is 6.09. The summed E-state index contributed by atoms with van der Waals surface area (Å²) in [5, 5.41) is 22.2. The summed E-state index contributed by atoms with van der Waals surface area (Å²) in [6, 6.07) is 9.17. The third kappa shape index (κ3) is 4.71. The van der Waals surface area contributed by atoms with E-state index in [1.165, 1.54) is 5.56 Å². The van der Waals surface area contributed by atoms with Crippen LogP contribution in [0, 0.1) is 0 Å². The highest BCUT2D eigenvalue weighted by molar-refractivity contribution is 5.91. The number of methoxy groups -OCH3 is 1. The summed E-state index contributed by atoms with van der Waals surface area (Å²) in [6.07, 6.45) is 4.95. The molecule has 34 heavy (non-hydrogen) atoms. The second kappa shape index (κ2) is 10.1. The predicted molar refractivity (Wildman–Crippen MR) is 124 cm³/mol. The first-order chi connectivity index (χ1) is 16.4. The molecule has 0 radical (unpaired) electrons. The number of aromatic nitrogens is 1. The number of hydrogen-bond acceptors (Lipinski definition) is 8. The van der Waals surface area contributed by atoms with Crippen LogP contribution in [0.1, 0.15) is 24.8 Å². The van der Waals surface area contributed by atoms with Crippen LogP contribution in [0.3, 0.4) is 0 Å². The van der Waals surface area contributed by atoms with Crippen LogP contribution in [0.5, 0.6) is 23.0 Å². The van der Waals surface area contributed by atoms with Crippen molar-refractivity contribution in [3.63, 3.8) is 0 Å². The van der Waals surface area contributed by atoms with Gasteiger partial charge in [-0.25, -0.2) is 0 Å². The van der Waals surface area contributed by atoms with Crippen LogP contribution in [0.4, 0.5) is 0 Å². The van der Waals surface area contributed by atoms with Crippen molar-refractivity contribution < 1.29 is 33.8 Å².